The molecule has 2 aromatic carbocycles. The third-order valence-electron chi connectivity index (χ3n) is 5.24. The highest BCUT2D eigenvalue weighted by Crippen LogP contribution is 2.21. The normalized spacial score (nSPS) is 15.0. The predicted octanol–water partition coefficient (Wildman–Crippen LogP) is 2.68. The molecule has 4 rings (SSSR count). The molecule has 6 nitrogen and oxygen atoms in total. The van der Waals surface area contributed by atoms with Gasteiger partial charge in [-0.1, -0.05) is 12.1 Å². The zero-order valence-corrected chi connectivity index (χ0v) is 15.9. The number of hydrogen-bond acceptors (Lipinski definition) is 4. The maximum absolute atomic E-state index is 12.5. The molecule has 1 saturated heterocycles. The number of hydrogen-bond donors (Lipinski definition) is 2. The zero-order chi connectivity index (χ0) is 19.3. The van der Waals surface area contributed by atoms with E-state index in [0.29, 0.717) is 12.1 Å². The SMILES string of the molecule is NCc1ccc(C(=O)Nc2ccc3c(ccn3CCN3CCOCC3)c2)cc1. The van der Waals surface area contributed by atoms with Crippen molar-refractivity contribution < 1.29 is 9.53 Å². The topological polar surface area (TPSA) is 72.5 Å². The van der Waals surface area contributed by atoms with E-state index in [2.05, 4.69) is 33.1 Å². The molecule has 1 fully saturated rings. The summed E-state index contributed by atoms with van der Waals surface area (Å²) in [4.78, 5) is 14.9. The van der Waals surface area contributed by atoms with E-state index >= 15 is 0 Å². The highest BCUT2D eigenvalue weighted by atomic mass is 16.5. The lowest BCUT2D eigenvalue weighted by molar-refractivity contribution is 0.0365. The van der Waals surface area contributed by atoms with Crippen LogP contribution < -0.4 is 11.1 Å². The van der Waals surface area contributed by atoms with Gasteiger partial charge in [-0.2, -0.15) is 0 Å². The van der Waals surface area contributed by atoms with Gasteiger partial charge in [0.15, 0.2) is 0 Å². The number of amides is 1. The molecule has 0 bridgehead atoms. The van der Waals surface area contributed by atoms with Crippen LogP contribution in [0.2, 0.25) is 0 Å². The van der Waals surface area contributed by atoms with E-state index in [4.69, 9.17) is 10.5 Å². The van der Waals surface area contributed by atoms with Gasteiger partial charge < -0.3 is 20.4 Å². The molecule has 0 unspecified atom stereocenters. The monoisotopic (exact) mass is 378 g/mol. The number of nitrogens with two attached hydrogens (primary N) is 1. The highest BCUT2D eigenvalue weighted by Gasteiger charge is 2.11. The van der Waals surface area contributed by atoms with Crippen LogP contribution in [-0.4, -0.2) is 48.2 Å². The lowest BCUT2D eigenvalue weighted by Gasteiger charge is -2.26. The zero-order valence-electron chi connectivity index (χ0n) is 15.9. The minimum absolute atomic E-state index is 0.116. The summed E-state index contributed by atoms with van der Waals surface area (Å²) in [6, 6.07) is 15.5. The van der Waals surface area contributed by atoms with Crippen molar-refractivity contribution in [1.29, 1.82) is 0 Å². The van der Waals surface area contributed by atoms with Crippen LogP contribution in [0.25, 0.3) is 10.9 Å². The molecule has 3 aromatic rings. The van der Waals surface area contributed by atoms with Crippen LogP contribution in [-0.2, 0) is 17.8 Å². The number of anilines is 1. The summed E-state index contributed by atoms with van der Waals surface area (Å²) in [5.41, 5.74) is 9.22. The van der Waals surface area contributed by atoms with Gasteiger partial charge in [0.2, 0.25) is 0 Å². The van der Waals surface area contributed by atoms with Gasteiger partial charge in [-0.3, -0.25) is 9.69 Å². The Morgan fingerprint density at radius 1 is 1.04 bits per heavy atom. The molecule has 0 aliphatic carbocycles. The van der Waals surface area contributed by atoms with Crippen molar-refractivity contribution in [3.63, 3.8) is 0 Å². The first kappa shape index (κ1) is 18.7. The van der Waals surface area contributed by atoms with Crippen molar-refractivity contribution in [3.8, 4) is 0 Å². The number of fused-ring (bicyclic) bond motifs is 1. The summed E-state index contributed by atoms with van der Waals surface area (Å²) in [6.45, 7) is 6.09. The summed E-state index contributed by atoms with van der Waals surface area (Å²) < 4.78 is 7.67. The van der Waals surface area contributed by atoms with Crippen molar-refractivity contribution >= 4 is 22.5 Å². The molecule has 0 radical (unpaired) electrons. The second-order valence-electron chi connectivity index (χ2n) is 7.09. The molecule has 2 heterocycles. The Hall–Kier alpha value is -2.67. The fraction of sp³-hybridized carbons (Fsp3) is 0.318. The molecule has 146 valence electrons. The van der Waals surface area contributed by atoms with E-state index in [9.17, 15) is 4.79 Å². The molecule has 1 aliphatic heterocycles. The largest absolute Gasteiger partial charge is 0.379 e. The molecule has 1 aliphatic rings. The quantitative estimate of drug-likeness (QED) is 0.692. The van der Waals surface area contributed by atoms with E-state index in [1.807, 2.05) is 24.3 Å². The van der Waals surface area contributed by atoms with Crippen LogP contribution in [0, 0.1) is 0 Å². The molecule has 1 amide bonds. The Balaban J connectivity index is 1.42. The van der Waals surface area contributed by atoms with Crippen LogP contribution in [0.3, 0.4) is 0 Å². The van der Waals surface area contributed by atoms with E-state index < -0.39 is 0 Å². The first-order valence-electron chi connectivity index (χ1n) is 9.72. The van der Waals surface area contributed by atoms with Gasteiger partial charge in [0.1, 0.15) is 0 Å². The highest BCUT2D eigenvalue weighted by molar-refractivity contribution is 6.05. The summed E-state index contributed by atoms with van der Waals surface area (Å²) in [5, 5.41) is 4.10. The first-order valence-corrected chi connectivity index (χ1v) is 9.72. The maximum atomic E-state index is 12.5. The van der Waals surface area contributed by atoms with E-state index in [-0.39, 0.29) is 5.91 Å². The molecule has 3 N–H and O–H groups in total. The summed E-state index contributed by atoms with van der Waals surface area (Å²) in [5.74, 6) is -0.116. The number of aromatic nitrogens is 1. The summed E-state index contributed by atoms with van der Waals surface area (Å²) in [6.07, 6.45) is 2.11. The van der Waals surface area contributed by atoms with Crippen molar-refractivity contribution in [1.82, 2.24) is 9.47 Å². The van der Waals surface area contributed by atoms with E-state index in [1.165, 1.54) is 5.52 Å². The Labute approximate surface area is 164 Å². The number of carbonyl (C=O) groups excluding carboxylic acids is 1. The molecular weight excluding hydrogens is 352 g/mol. The van der Waals surface area contributed by atoms with Gasteiger partial charge in [0, 0.05) is 61.1 Å². The standard InChI is InChI=1S/C22H26N4O2/c23-16-17-1-3-18(4-2-17)22(27)24-20-5-6-21-19(15-20)7-8-26(21)10-9-25-11-13-28-14-12-25/h1-8,15H,9-14,16,23H2,(H,24,27). The predicted molar refractivity (Wildman–Crippen MR) is 111 cm³/mol. The number of nitrogens with zero attached hydrogens (tertiary/aromatic N) is 2. The van der Waals surface area contributed by atoms with Gasteiger partial charge in [0.25, 0.3) is 5.91 Å². The average molecular weight is 378 g/mol. The third-order valence-corrected chi connectivity index (χ3v) is 5.24. The number of nitrogens with one attached hydrogen (secondary N) is 1. The van der Waals surface area contributed by atoms with E-state index in [0.717, 1.165) is 56.0 Å². The van der Waals surface area contributed by atoms with Crippen LogP contribution in [0.4, 0.5) is 5.69 Å². The van der Waals surface area contributed by atoms with Crippen molar-refractivity contribution in [2.45, 2.75) is 13.1 Å². The Bertz CT molecular complexity index is 943. The Kier molecular flexibility index (Phi) is 5.71. The smallest absolute Gasteiger partial charge is 0.255 e. The molecule has 28 heavy (non-hydrogen) atoms. The third kappa shape index (κ3) is 4.25. The second kappa shape index (κ2) is 8.56. The van der Waals surface area contributed by atoms with Gasteiger partial charge in [0.05, 0.1) is 13.2 Å². The summed E-state index contributed by atoms with van der Waals surface area (Å²) >= 11 is 0. The fourth-order valence-corrected chi connectivity index (χ4v) is 3.54. The minimum atomic E-state index is -0.116. The first-order chi connectivity index (χ1) is 13.7. The van der Waals surface area contributed by atoms with Crippen molar-refractivity contribution in [3.05, 3.63) is 65.9 Å². The van der Waals surface area contributed by atoms with E-state index in [1.54, 1.807) is 12.1 Å². The van der Waals surface area contributed by atoms with Gasteiger partial charge in [-0.25, -0.2) is 0 Å². The van der Waals surface area contributed by atoms with Crippen LogP contribution >= 0.6 is 0 Å². The Morgan fingerprint density at radius 2 is 1.82 bits per heavy atom. The lowest BCUT2D eigenvalue weighted by atomic mass is 10.1. The number of morpholine rings is 1. The van der Waals surface area contributed by atoms with Gasteiger partial charge in [-0.05, 0) is 42.0 Å². The van der Waals surface area contributed by atoms with Crippen LogP contribution in [0.1, 0.15) is 15.9 Å². The maximum Gasteiger partial charge on any atom is 0.255 e. The average Bonchev–Trinajstić information content (AvgIpc) is 3.15. The van der Waals surface area contributed by atoms with Gasteiger partial charge >= 0.3 is 0 Å². The molecule has 0 saturated carbocycles. The molecular formula is C22H26N4O2. The fourth-order valence-electron chi connectivity index (χ4n) is 3.54. The molecule has 0 spiro atoms. The summed E-state index contributed by atoms with van der Waals surface area (Å²) in [7, 11) is 0. The Morgan fingerprint density at radius 3 is 2.57 bits per heavy atom. The van der Waals surface area contributed by atoms with Gasteiger partial charge in [-0.15, -0.1) is 0 Å². The van der Waals surface area contributed by atoms with Crippen molar-refractivity contribution in [2.75, 3.05) is 38.2 Å². The number of benzene rings is 2. The molecule has 1 aromatic heterocycles. The number of ether oxygens (including phenoxy) is 1. The minimum Gasteiger partial charge on any atom is -0.379 e. The number of rotatable bonds is 6. The lowest BCUT2D eigenvalue weighted by Crippen LogP contribution is -2.38. The molecule has 6 heteroatoms. The van der Waals surface area contributed by atoms with Crippen LogP contribution in [0.15, 0.2) is 54.7 Å². The number of carbonyl (C=O) groups is 1. The van der Waals surface area contributed by atoms with Crippen molar-refractivity contribution in [2.24, 2.45) is 5.73 Å². The second-order valence-corrected chi connectivity index (χ2v) is 7.09. The molecule has 0 atom stereocenters. The van der Waals surface area contributed by atoms with Crippen LogP contribution in [0.5, 0.6) is 0 Å².